The number of nitrogens with zero attached hydrogens (tertiary/aromatic N) is 5. The molecule has 0 aromatic carbocycles. The zero-order chi connectivity index (χ0) is 20.1. The lowest BCUT2D eigenvalue weighted by atomic mass is 10.3. The fourth-order valence-corrected chi connectivity index (χ4v) is 3.31. The molecule has 4 heterocycles. The summed E-state index contributed by atoms with van der Waals surface area (Å²) in [5.41, 5.74) is 1.77. The van der Waals surface area contributed by atoms with E-state index < -0.39 is 0 Å². The van der Waals surface area contributed by atoms with Crippen LogP contribution in [0.2, 0.25) is 0 Å². The van der Waals surface area contributed by atoms with Gasteiger partial charge in [-0.3, -0.25) is 5.21 Å². The van der Waals surface area contributed by atoms with Gasteiger partial charge >= 0.3 is 0 Å². The lowest BCUT2D eigenvalue weighted by molar-refractivity contribution is -0.905. The van der Waals surface area contributed by atoms with Crippen molar-refractivity contribution in [3.05, 3.63) is 46.8 Å². The van der Waals surface area contributed by atoms with Crippen LogP contribution in [-0.4, -0.2) is 44.1 Å². The number of rotatable bonds is 4. The van der Waals surface area contributed by atoms with E-state index in [1.807, 2.05) is 12.1 Å². The van der Waals surface area contributed by atoms with E-state index in [0.717, 1.165) is 45.1 Å². The first-order valence-electron chi connectivity index (χ1n) is 9.34. The molecule has 1 fully saturated rings. The first-order chi connectivity index (χ1) is 13.4. The second kappa shape index (κ2) is 9.20. The van der Waals surface area contributed by atoms with Crippen molar-refractivity contribution in [3.8, 4) is 0 Å². The van der Waals surface area contributed by atoms with Crippen molar-refractivity contribution in [1.82, 2.24) is 14.6 Å². The third-order valence-electron chi connectivity index (χ3n) is 4.17. The molecule has 0 spiro atoms. The molecule has 1 aliphatic rings. The number of nitrogens with one attached hydrogen (secondary N) is 1. The predicted molar refractivity (Wildman–Crippen MR) is 111 cm³/mol. The summed E-state index contributed by atoms with van der Waals surface area (Å²) < 4.78 is 3.72. The van der Waals surface area contributed by atoms with Gasteiger partial charge in [-0.2, -0.15) is 9.61 Å². The molecule has 0 saturated carbocycles. The van der Waals surface area contributed by atoms with Crippen molar-refractivity contribution in [2.45, 2.75) is 39.3 Å². The standard InChI is InChI=1S/C16H18BrN6O.C3H8O/c17-13-10-19-23-14(18-9-12-4-3-7-22(24)11-12)8-15(20-16(13)23)21-5-1-2-6-21;1-3(2)4/h3-4,7-8,10-11,18,24H,1-2,5-6,9H2;3-4H,1-2H3/q+1;. The van der Waals surface area contributed by atoms with Gasteiger partial charge in [-0.1, -0.05) is 0 Å². The summed E-state index contributed by atoms with van der Waals surface area (Å²) in [5, 5.41) is 25.4. The summed E-state index contributed by atoms with van der Waals surface area (Å²) in [4.78, 5) is 7.04. The number of hydrogen-bond acceptors (Lipinski definition) is 6. The van der Waals surface area contributed by atoms with Crippen LogP contribution in [0.5, 0.6) is 0 Å². The number of aromatic nitrogens is 4. The minimum Gasteiger partial charge on any atom is -0.394 e. The average molecular weight is 450 g/mol. The molecule has 0 bridgehead atoms. The van der Waals surface area contributed by atoms with Gasteiger partial charge in [0.15, 0.2) is 5.65 Å². The van der Waals surface area contributed by atoms with Crippen LogP contribution in [0, 0.1) is 0 Å². The van der Waals surface area contributed by atoms with Crippen LogP contribution < -0.4 is 14.9 Å². The van der Waals surface area contributed by atoms with Crippen LogP contribution in [0.3, 0.4) is 0 Å². The van der Waals surface area contributed by atoms with E-state index in [9.17, 15) is 5.21 Å². The summed E-state index contributed by atoms with van der Waals surface area (Å²) in [7, 11) is 0. The highest BCUT2D eigenvalue weighted by Gasteiger charge is 2.17. The molecule has 150 valence electrons. The van der Waals surface area contributed by atoms with Crippen LogP contribution >= 0.6 is 15.9 Å². The quantitative estimate of drug-likeness (QED) is 0.418. The zero-order valence-electron chi connectivity index (χ0n) is 16.1. The van der Waals surface area contributed by atoms with E-state index >= 15 is 0 Å². The van der Waals surface area contributed by atoms with Crippen LogP contribution in [-0.2, 0) is 6.54 Å². The SMILES string of the molecule is CC(C)O.O[n+]1cccc(CNc2cc(N3CCCC3)nc3c(Br)cnn23)c1. The molecule has 3 aromatic rings. The van der Waals surface area contributed by atoms with Gasteiger partial charge in [0.05, 0.1) is 10.7 Å². The lowest BCUT2D eigenvalue weighted by Crippen LogP contribution is -2.29. The Morgan fingerprint density at radius 3 is 2.71 bits per heavy atom. The molecule has 8 nitrogen and oxygen atoms in total. The van der Waals surface area contributed by atoms with Crippen molar-refractivity contribution < 1.29 is 15.0 Å². The van der Waals surface area contributed by atoms with E-state index in [-0.39, 0.29) is 6.10 Å². The van der Waals surface area contributed by atoms with Crippen molar-refractivity contribution in [1.29, 1.82) is 0 Å². The number of anilines is 2. The number of fused-ring (bicyclic) bond motifs is 1. The molecule has 4 rings (SSSR count). The molecule has 9 heteroatoms. The number of hydrogen-bond donors (Lipinski definition) is 3. The van der Waals surface area contributed by atoms with Crippen LogP contribution in [0.1, 0.15) is 32.3 Å². The van der Waals surface area contributed by atoms with Gasteiger partial charge in [0, 0.05) is 48.2 Å². The number of aliphatic hydroxyl groups excluding tert-OH is 1. The van der Waals surface area contributed by atoms with Crippen molar-refractivity contribution in [3.63, 3.8) is 0 Å². The monoisotopic (exact) mass is 449 g/mol. The molecule has 3 N–H and O–H groups in total. The first kappa shape index (κ1) is 20.3. The molecule has 0 unspecified atom stereocenters. The van der Waals surface area contributed by atoms with E-state index in [1.165, 1.54) is 12.8 Å². The number of pyridine rings is 1. The molecule has 1 saturated heterocycles. The molecule has 0 atom stereocenters. The van der Waals surface area contributed by atoms with E-state index in [2.05, 4.69) is 31.2 Å². The molecule has 0 radical (unpaired) electrons. The van der Waals surface area contributed by atoms with Gasteiger partial charge in [-0.25, -0.2) is 4.98 Å². The molecule has 0 aliphatic carbocycles. The third-order valence-corrected chi connectivity index (χ3v) is 4.73. The zero-order valence-corrected chi connectivity index (χ0v) is 17.7. The Morgan fingerprint density at radius 1 is 1.32 bits per heavy atom. The van der Waals surface area contributed by atoms with Gasteiger partial charge in [0.25, 0.3) is 0 Å². The maximum absolute atomic E-state index is 9.52. The Bertz CT molecular complexity index is 921. The number of halogens is 1. The Hall–Kier alpha value is -2.39. The van der Waals surface area contributed by atoms with E-state index in [1.54, 1.807) is 43.0 Å². The molecular weight excluding hydrogens is 424 g/mol. The van der Waals surface area contributed by atoms with Crippen LogP contribution in [0.15, 0.2) is 41.3 Å². The average Bonchev–Trinajstić information content (AvgIpc) is 3.30. The van der Waals surface area contributed by atoms with Gasteiger partial charge in [-0.05, 0) is 48.7 Å². The Kier molecular flexibility index (Phi) is 6.69. The molecular formula is C19H26BrN6O2+. The maximum atomic E-state index is 9.52. The highest BCUT2D eigenvalue weighted by molar-refractivity contribution is 9.10. The molecule has 28 heavy (non-hydrogen) atoms. The minimum absolute atomic E-state index is 0.167. The molecule has 0 amide bonds. The summed E-state index contributed by atoms with van der Waals surface area (Å²) in [5.74, 6) is 1.84. The van der Waals surface area contributed by atoms with Crippen molar-refractivity contribution >= 4 is 33.2 Å². The predicted octanol–water partition coefficient (Wildman–Crippen LogP) is 2.62. The van der Waals surface area contributed by atoms with Gasteiger partial charge in [0.1, 0.15) is 11.6 Å². The topological polar surface area (TPSA) is 89.8 Å². The first-order valence-corrected chi connectivity index (χ1v) is 10.1. The highest BCUT2D eigenvalue weighted by atomic mass is 79.9. The Morgan fingerprint density at radius 2 is 2.04 bits per heavy atom. The minimum atomic E-state index is -0.167. The van der Waals surface area contributed by atoms with Crippen molar-refractivity contribution in [2.24, 2.45) is 0 Å². The van der Waals surface area contributed by atoms with Gasteiger partial charge in [-0.15, -0.1) is 0 Å². The summed E-state index contributed by atoms with van der Waals surface area (Å²) >= 11 is 3.52. The normalized spacial score (nSPS) is 13.7. The smallest absolute Gasteiger partial charge is 0.227 e. The largest absolute Gasteiger partial charge is 0.394 e. The second-order valence-electron chi connectivity index (χ2n) is 6.96. The van der Waals surface area contributed by atoms with Gasteiger partial charge < -0.3 is 15.3 Å². The third kappa shape index (κ3) is 5.11. The summed E-state index contributed by atoms with van der Waals surface area (Å²) in [6.45, 7) is 6.10. The van der Waals surface area contributed by atoms with E-state index in [0.29, 0.717) is 6.54 Å². The van der Waals surface area contributed by atoms with Crippen molar-refractivity contribution in [2.75, 3.05) is 23.3 Å². The maximum Gasteiger partial charge on any atom is 0.227 e. The van der Waals surface area contributed by atoms with Gasteiger partial charge in [0.2, 0.25) is 12.4 Å². The Labute approximate surface area is 172 Å². The number of aliphatic hydroxyl groups is 1. The lowest BCUT2D eigenvalue weighted by Gasteiger charge is -2.18. The highest BCUT2D eigenvalue weighted by Crippen LogP contribution is 2.26. The second-order valence-corrected chi connectivity index (χ2v) is 7.82. The van der Waals surface area contributed by atoms with Crippen LogP contribution in [0.25, 0.3) is 5.65 Å². The Balaban J connectivity index is 0.000000516. The molecule has 3 aromatic heterocycles. The molecule has 1 aliphatic heterocycles. The summed E-state index contributed by atoms with van der Waals surface area (Å²) in [6, 6.07) is 5.80. The van der Waals surface area contributed by atoms with E-state index in [4.69, 9.17) is 10.1 Å². The fraction of sp³-hybridized carbons (Fsp3) is 0.421. The fourth-order valence-electron chi connectivity index (χ4n) is 2.97. The summed E-state index contributed by atoms with van der Waals surface area (Å²) in [6.07, 6.45) is 7.26. The van der Waals surface area contributed by atoms with Crippen LogP contribution in [0.4, 0.5) is 11.6 Å².